The van der Waals surface area contributed by atoms with Gasteiger partial charge in [-0.2, -0.15) is 0 Å². The van der Waals surface area contributed by atoms with Crippen LogP contribution < -0.4 is 0 Å². The van der Waals surface area contributed by atoms with E-state index in [0.717, 1.165) is 0 Å². The number of carboxylic acid groups (broad SMARTS) is 1. The lowest BCUT2D eigenvalue weighted by Gasteiger charge is -2.31. The van der Waals surface area contributed by atoms with Gasteiger partial charge in [-0.05, 0) is 48.4 Å². The highest BCUT2D eigenvalue weighted by Crippen LogP contribution is 2.32. The van der Waals surface area contributed by atoms with Crippen LogP contribution >= 0.6 is 22.6 Å². The molecular weight excluding hydrogens is 391 g/mol. The molecule has 0 radical (unpaired) electrons. The maximum atomic E-state index is 12.6. The second-order valence-electron chi connectivity index (χ2n) is 5.06. The van der Waals surface area contributed by atoms with Gasteiger partial charge in [0.25, 0.3) is 11.6 Å². The van der Waals surface area contributed by atoms with Crippen molar-refractivity contribution in [2.75, 3.05) is 6.54 Å². The number of nitro groups is 1. The van der Waals surface area contributed by atoms with Crippen molar-refractivity contribution in [2.45, 2.75) is 25.3 Å². The molecule has 112 valence electrons. The number of hydrogen-bond acceptors (Lipinski definition) is 4. The number of likely N-dealkylation sites (tertiary alicyclic amines) is 1. The molecule has 0 spiro atoms. The summed E-state index contributed by atoms with van der Waals surface area (Å²) in [5, 5.41) is 20.2. The first-order chi connectivity index (χ1) is 9.77. The number of aliphatic carboxylic acids is 1. The van der Waals surface area contributed by atoms with Gasteiger partial charge in [-0.25, -0.2) is 4.79 Å². The summed E-state index contributed by atoms with van der Waals surface area (Å²) < 4.78 is 0.558. The number of benzene rings is 1. The van der Waals surface area contributed by atoms with Crippen molar-refractivity contribution in [3.8, 4) is 0 Å². The van der Waals surface area contributed by atoms with Crippen LogP contribution in [0.5, 0.6) is 0 Å². The Morgan fingerprint density at radius 3 is 2.71 bits per heavy atom. The third kappa shape index (κ3) is 2.71. The summed E-state index contributed by atoms with van der Waals surface area (Å²) in [5.74, 6) is -1.54. The van der Waals surface area contributed by atoms with Crippen LogP contribution in [0, 0.1) is 13.7 Å². The van der Waals surface area contributed by atoms with Crippen molar-refractivity contribution < 1.29 is 19.6 Å². The predicted octanol–water partition coefficient (Wildman–Crippen LogP) is 2.28. The van der Waals surface area contributed by atoms with E-state index in [1.807, 2.05) is 22.6 Å². The first kappa shape index (κ1) is 15.7. The zero-order valence-corrected chi connectivity index (χ0v) is 13.4. The van der Waals surface area contributed by atoms with Crippen molar-refractivity contribution in [3.05, 3.63) is 37.4 Å². The minimum Gasteiger partial charge on any atom is -0.480 e. The number of nitrogens with zero attached hydrogens (tertiary/aromatic N) is 2. The number of carboxylic acids is 1. The molecule has 1 aliphatic heterocycles. The van der Waals surface area contributed by atoms with Gasteiger partial charge in [0.1, 0.15) is 5.54 Å². The Morgan fingerprint density at radius 2 is 2.14 bits per heavy atom. The summed E-state index contributed by atoms with van der Waals surface area (Å²) in [4.78, 5) is 35.6. The number of carbonyl (C=O) groups is 2. The second-order valence-corrected chi connectivity index (χ2v) is 6.22. The van der Waals surface area contributed by atoms with E-state index in [-0.39, 0.29) is 11.3 Å². The van der Waals surface area contributed by atoms with Crippen molar-refractivity contribution in [2.24, 2.45) is 0 Å². The van der Waals surface area contributed by atoms with Crippen LogP contribution in [0.4, 0.5) is 5.69 Å². The summed E-state index contributed by atoms with van der Waals surface area (Å²) >= 11 is 1.91. The number of rotatable bonds is 3. The maximum absolute atomic E-state index is 12.6. The number of amides is 1. The van der Waals surface area contributed by atoms with E-state index < -0.39 is 22.3 Å². The van der Waals surface area contributed by atoms with Crippen molar-refractivity contribution in [1.82, 2.24) is 4.90 Å². The van der Waals surface area contributed by atoms with Crippen LogP contribution in [-0.4, -0.2) is 38.9 Å². The van der Waals surface area contributed by atoms with Gasteiger partial charge >= 0.3 is 5.97 Å². The zero-order chi connectivity index (χ0) is 15.8. The molecule has 1 N–H and O–H groups in total. The van der Waals surface area contributed by atoms with E-state index in [2.05, 4.69) is 0 Å². The Labute approximate surface area is 134 Å². The highest BCUT2D eigenvalue weighted by Gasteiger charge is 2.46. The molecule has 1 aliphatic rings. The predicted molar refractivity (Wildman–Crippen MR) is 82.1 cm³/mol. The van der Waals surface area contributed by atoms with Crippen LogP contribution in [0.25, 0.3) is 0 Å². The third-order valence-electron chi connectivity index (χ3n) is 3.74. The van der Waals surface area contributed by atoms with Crippen LogP contribution in [0.3, 0.4) is 0 Å². The lowest BCUT2D eigenvalue weighted by Crippen LogP contribution is -2.50. The molecule has 0 bridgehead atoms. The van der Waals surface area contributed by atoms with Gasteiger partial charge in [0.15, 0.2) is 0 Å². The zero-order valence-electron chi connectivity index (χ0n) is 11.2. The lowest BCUT2D eigenvalue weighted by atomic mass is 9.98. The van der Waals surface area contributed by atoms with Crippen molar-refractivity contribution >= 4 is 40.2 Å². The van der Waals surface area contributed by atoms with Gasteiger partial charge in [0.05, 0.1) is 10.5 Å². The minimum atomic E-state index is -1.26. The summed E-state index contributed by atoms with van der Waals surface area (Å²) in [6.45, 7) is 1.84. The Kier molecular flexibility index (Phi) is 4.17. The minimum absolute atomic E-state index is 0.166. The standard InChI is InChI=1S/C13H13IN2O5/c1-13(12(18)19)5-2-6-15(13)11(17)9-7-8(16(20)21)3-4-10(9)14/h3-4,7H,2,5-6H2,1H3,(H,18,19). The molecule has 7 nitrogen and oxygen atoms in total. The number of nitro benzene ring substituents is 1. The number of hydrogen-bond donors (Lipinski definition) is 1. The second kappa shape index (κ2) is 5.58. The average molecular weight is 404 g/mol. The van der Waals surface area contributed by atoms with Crippen molar-refractivity contribution in [1.29, 1.82) is 0 Å². The van der Waals surface area contributed by atoms with E-state index >= 15 is 0 Å². The van der Waals surface area contributed by atoms with Crippen LogP contribution in [0.1, 0.15) is 30.1 Å². The number of non-ortho nitro benzene ring substituents is 1. The van der Waals surface area contributed by atoms with E-state index in [4.69, 9.17) is 0 Å². The molecule has 1 heterocycles. The topological polar surface area (TPSA) is 101 Å². The molecule has 0 aliphatic carbocycles. The number of halogens is 1. The van der Waals surface area contributed by atoms with Gasteiger partial charge in [-0.1, -0.05) is 0 Å². The molecule has 1 amide bonds. The highest BCUT2D eigenvalue weighted by atomic mass is 127. The Bertz CT molecular complexity index is 633. The van der Waals surface area contributed by atoms with E-state index in [9.17, 15) is 24.8 Å². The molecule has 1 aromatic rings. The SMILES string of the molecule is CC1(C(=O)O)CCCN1C(=O)c1cc([N+](=O)[O-])ccc1I. The highest BCUT2D eigenvalue weighted by molar-refractivity contribution is 14.1. The molecule has 1 atom stereocenters. The van der Waals surface area contributed by atoms with E-state index in [1.54, 1.807) is 0 Å². The maximum Gasteiger partial charge on any atom is 0.329 e. The van der Waals surface area contributed by atoms with Gasteiger partial charge in [-0.15, -0.1) is 0 Å². The quantitative estimate of drug-likeness (QED) is 0.473. The first-order valence-corrected chi connectivity index (χ1v) is 7.34. The average Bonchev–Trinajstić information content (AvgIpc) is 2.81. The summed E-state index contributed by atoms with van der Waals surface area (Å²) in [6.07, 6.45) is 0.972. The summed E-state index contributed by atoms with van der Waals surface area (Å²) in [6, 6.07) is 4.00. The fraction of sp³-hybridized carbons (Fsp3) is 0.385. The molecule has 0 saturated carbocycles. The lowest BCUT2D eigenvalue weighted by molar-refractivity contribution is -0.384. The molecule has 1 unspecified atom stereocenters. The van der Waals surface area contributed by atoms with Crippen LogP contribution in [-0.2, 0) is 4.79 Å². The van der Waals surface area contributed by atoms with Gasteiger partial charge in [0, 0.05) is 22.2 Å². The summed E-state index contributed by atoms with van der Waals surface area (Å²) in [7, 11) is 0. The van der Waals surface area contributed by atoms with Gasteiger partial charge < -0.3 is 10.0 Å². The van der Waals surface area contributed by atoms with E-state index in [1.165, 1.54) is 30.0 Å². The normalized spacial score (nSPS) is 21.3. The fourth-order valence-corrected chi connectivity index (χ4v) is 3.01. The largest absolute Gasteiger partial charge is 0.480 e. The molecule has 1 fully saturated rings. The molecule has 8 heteroatoms. The van der Waals surface area contributed by atoms with Gasteiger partial charge in [-0.3, -0.25) is 14.9 Å². The molecule has 0 aromatic heterocycles. The fourth-order valence-electron chi connectivity index (χ4n) is 2.45. The summed E-state index contributed by atoms with van der Waals surface area (Å²) in [5.41, 5.74) is -1.28. The molecule has 1 saturated heterocycles. The third-order valence-corrected chi connectivity index (χ3v) is 4.68. The molecular formula is C13H13IN2O5. The molecule has 1 aromatic carbocycles. The van der Waals surface area contributed by atoms with Gasteiger partial charge in [0.2, 0.25) is 0 Å². The van der Waals surface area contributed by atoms with Crippen molar-refractivity contribution in [3.63, 3.8) is 0 Å². The molecule has 2 rings (SSSR count). The Balaban J connectivity index is 2.42. The van der Waals surface area contributed by atoms with Crippen LogP contribution in [0.2, 0.25) is 0 Å². The molecule has 21 heavy (non-hydrogen) atoms. The monoisotopic (exact) mass is 404 g/mol. The Hall–Kier alpha value is -1.71. The van der Waals surface area contributed by atoms with Crippen LogP contribution in [0.15, 0.2) is 18.2 Å². The smallest absolute Gasteiger partial charge is 0.329 e. The Morgan fingerprint density at radius 1 is 1.48 bits per heavy atom. The van der Waals surface area contributed by atoms with E-state index in [0.29, 0.717) is 23.0 Å². The number of carbonyl (C=O) groups excluding carboxylic acids is 1. The first-order valence-electron chi connectivity index (χ1n) is 6.26.